The number of halogens is 3. The first-order valence-electron chi connectivity index (χ1n) is 7.29. The van der Waals surface area contributed by atoms with Gasteiger partial charge in [0, 0.05) is 0 Å². The lowest BCUT2D eigenvalue weighted by Gasteiger charge is -2.08. The van der Waals surface area contributed by atoms with Crippen LogP contribution in [0.5, 0.6) is 0 Å². The Hall–Kier alpha value is -1.80. The Morgan fingerprint density at radius 2 is 1.81 bits per heavy atom. The molecule has 0 saturated heterocycles. The van der Waals surface area contributed by atoms with Crippen LogP contribution < -0.4 is 5.32 Å². The third-order valence-corrected chi connectivity index (χ3v) is 5.98. The molecule has 0 bridgehead atoms. The number of aromatic nitrogens is 2. The Bertz CT molecular complexity index is 1130. The zero-order valence-corrected chi connectivity index (χ0v) is 16.4. The molecule has 0 aliphatic rings. The molecule has 1 aromatic heterocycles. The van der Waals surface area contributed by atoms with Crippen molar-refractivity contribution in [2.24, 2.45) is 0 Å². The fourth-order valence-electron chi connectivity index (χ4n) is 2.29. The average Bonchev–Trinajstić information content (AvgIpc) is 2.96. The molecule has 0 radical (unpaired) electrons. The number of anilines is 1. The van der Waals surface area contributed by atoms with Crippen molar-refractivity contribution in [3.05, 3.63) is 51.0 Å². The first-order valence-corrected chi connectivity index (χ1v) is 10.1. The molecular weight excluding hydrogens is 421 g/mol. The van der Waals surface area contributed by atoms with Gasteiger partial charge in [0.15, 0.2) is 0 Å². The van der Waals surface area contributed by atoms with Crippen LogP contribution in [0, 0.1) is 6.92 Å². The van der Waals surface area contributed by atoms with Gasteiger partial charge in [0.1, 0.15) is 5.75 Å². The molecule has 0 spiro atoms. The average molecular weight is 433 g/mol. The number of benzene rings is 2. The summed E-state index contributed by atoms with van der Waals surface area (Å²) < 4.78 is 24.9. The van der Waals surface area contributed by atoms with Crippen LogP contribution >= 0.6 is 34.8 Å². The van der Waals surface area contributed by atoms with E-state index >= 15 is 0 Å². The number of hydrogen-bond acceptors (Lipinski definition) is 4. The molecule has 2 N–H and O–H groups in total. The number of amides is 1. The number of rotatable bonds is 4. The molecule has 26 heavy (non-hydrogen) atoms. The lowest BCUT2D eigenvalue weighted by molar-refractivity contribution is -0.113. The third-order valence-electron chi connectivity index (χ3n) is 3.52. The lowest BCUT2D eigenvalue weighted by Crippen LogP contribution is -2.23. The van der Waals surface area contributed by atoms with Crippen molar-refractivity contribution in [1.29, 1.82) is 0 Å². The zero-order chi connectivity index (χ0) is 19.1. The molecule has 0 fully saturated rings. The molecule has 3 rings (SSSR count). The van der Waals surface area contributed by atoms with Gasteiger partial charge in [0.05, 0.1) is 31.8 Å². The molecule has 0 unspecified atom stereocenters. The van der Waals surface area contributed by atoms with Crippen LogP contribution in [0.25, 0.3) is 11.0 Å². The van der Waals surface area contributed by atoms with Crippen molar-refractivity contribution >= 4 is 67.3 Å². The molecule has 0 atom stereocenters. The van der Waals surface area contributed by atoms with Crippen LogP contribution in [0.2, 0.25) is 15.1 Å². The number of nitrogens with one attached hydrogen (secondary N) is 2. The molecule has 6 nitrogen and oxygen atoms in total. The predicted octanol–water partition coefficient (Wildman–Crippen LogP) is 4.24. The predicted molar refractivity (Wildman–Crippen MR) is 103 cm³/mol. The van der Waals surface area contributed by atoms with E-state index in [0.717, 1.165) is 5.56 Å². The molecule has 2 aromatic carbocycles. The van der Waals surface area contributed by atoms with E-state index in [4.69, 9.17) is 34.8 Å². The number of fused-ring (bicyclic) bond motifs is 1. The highest BCUT2D eigenvalue weighted by Gasteiger charge is 2.24. The highest BCUT2D eigenvalue weighted by Crippen LogP contribution is 2.32. The fourth-order valence-corrected chi connectivity index (χ4v) is 3.94. The van der Waals surface area contributed by atoms with Gasteiger partial charge >= 0.3 is 0 Å². The number of hydrogen-bond donors (Lipinski definition) is 2. The van der Waals surface area contributed by atoms with Crippen LogP contribution in [-0.2, 0) is 14.6 Å². The summed E-state index contributed by atoms with van der Waals surface area (Å²) in [5.41, 5.74) is 2.21. The monoisotopic (exact) mass is 431 g/mol. The number of carbonyl (C=O) groups excluding carboxylic acids is 1. The smallest absolute Gasteiger partial charge is 0.240 e. The summed E-state index contributed by atoms with van der Waals surface area (Å²) in [6.45, 7) is 1.88. The van der Waals surface area contributed by atoms with Crippen LogP contribution in [0.1, 0.15) is 5.56 Å². The molecule has 1 amide bonds. The van der Waals surface area contributed by atoms with Crippen molar-refractivity contribution in [3.8, 4) is 0 Å². The van der Waals surface area contributed by atoms with E-state index in [1.807, 2.05) is 13.0 Å². The summed E-state index contributed by atoms with van der Waals surface area (Å²) in [4.78, 5) is 18.9. The van der Waals surface area contributed by atoms with E-state index < -0.39 is 21.5 Å². The van der Waals surface area contributed by atoms with Gasteiger partial charge in [-0.1, -0.05) is 40.9 Å². The molecule has 10 heteroatoms. The highest BCUT2D eigenvalue weighted by molar-refractivity contribution is 7.92. The van der Waals surface area contributed by atoms with E-state index in [1.54, 1.807) is 12.1 Å². The Morgan fingerprint density at radius 3 is 2.54 bits per heavy atom. The van der Waals surface area contributed by atoms with E-state index in [0.29, 0.717) is 11.0 Å². The molecular formula is C16H12Cl3N3O3S. The SMILES string of the molecule is Cc1ccc2nc(S(=O)(=O)CC(=O)Nc3cc(Cl)c(Cl)cc3Cl)[nH]c2c1. The van der Waals surface area contributed by atoms with Crippen molar-refractivity contribution in [2.45, 2.75) is 12.1 Å². The van der Waals surface area contributed by atoms with E-state index in [-0.39, 0.29) is 25.9 Å². The molecule has 136 valence electrons. The van der Waals surface area contributed by atoms with E-state index in [9.17, 15) is 13.2 Å². The van der Waals surface area contributed by atoms with Gasteiger partial charge in [-0.25, -0.2) is 13.4 Å². The van der Waals surface area contributed by atoms with E-state index in [2.05, 4.69) is 15.3 Å². The zero-order valence-electron chi connectivity index (χ0n) is 13.3. The van der Waals surface area contributed by atoms with Gasteiger partial charge in [-0.05, 0) is 36.8 Å². The second-order valence-corrected chi connectivity index (χ2v) is 8.74. The van der Waals surface area contributed by atoms with Gasteiger partial charge < -0.3 is 10.3 Å². The summed E-state index contributed by atoms with van der Waals surface area (Å²) in [7, 11) is -3.97. The normalized spacial score (nSPS) is 11.7. The fraction of sp³-hybridized carbons (Fsp3) is 0.125. The summed E-state index contributed by atoms with van der Waals surface area (Å²) in [5.74, 6) is -1.58. The molecule has 3 aromatic rings. The van der Waals surface area contributed by atoms with Crippen LogP contribution in [0.15, 0.2) is 35.5 Å². The first-order chi connectivity index (χ1) is 12.2. The summed E-state index contributed by atoms with van der Waals surface area (Å²) in [6.07, 6.45) is 0. The van der Waals surface area contributed by atoms with Crippen molar-refractivity contribution in [3.63, 3.8) is 0 Å². The highest BCUT2D eigenvalue weighted by atomic mass is 35.5. The number of nitrogens with zero attached hydrogens (tertiary/aromatic N) is 1. The maximum absolute atomic E-state index is 12.5. The van der Waals surface area contributed by atoms with Crippen LogP contribution in [0.3, 0.4) is 0 Å². The summed E-state index contributed by atoms with van der Waals surface area (Å²) >= 11 is 17.7. The summed E-state index contributed by atoms with van der Waals surface area (Å²) in [5, 5.41) is 2.69. The Kier molecular flexibility index (Phi) is 5.16. The molecule has 1 heterocycles. The van der Waals surface area contributed by atoms with Gasteiger partial charge in [-0.15, -0.1) is 0 Å². The van der Waals surface area contributed by atoms with Crippen LogP contribution in [0.4, 0.5) is 5.69 Å². The Morgan fingerprint density at radius 1 is 1.12 bits per heavy atom. The number of aryl methyl sites for hydroxylation is 1. The van der Waals surface area contributed by atoms with Crippen molar-refractivity contribution in [1.82, 2.24) is 9.97 Å². The van der Waals surface area contributed by atoms with Crippen molar-refractivity contribution < 1.29 is 13.2 Å². The minimum absolute atomic E-state index is 0.143. The number of H-pyrrole nitrogens is 1. The maximum Gasteiger partial charge on any atom is 0.240 e. The molecule has 0 aliphatic carbocycles. The maximum atomic E-state index is 12.5. The summed E-state index contributed by atoms with van der Waals surface area (Å²) in [6, 6.07) is 8.00. The van der Waals surface area contributed by atoms with Gasteiger partial charge in [0.2, 0.25) is 20.9 Å². The number of imidazole rings is 1. The second-order valence-electron chi connectivity index (χ2n) is 5.62. The van der Waals surface area contributed by atoms with Crippen molar-refractivity contribution in [2.75, 3.05) is 11.1 Å². The van der Waals surface area contributed by atoms with E-state index in [1.165, 1.54) is 12.1 Å². The van der Waals surface area contributed by atoms with Crippen LogP contribution in [-0.4, -0.2) is 30.0 Å². The number of aromatic amines is 1. The van der Waals surface area contributed by atoms with Gasteiger partial charge in [-0.2, -0.15) is 0 Å². The minimum Gasteiger partial charge on any atom is -0.329 e. The quantitative estimate of drug-likeness (QED) is 0.603. The largest absolute Gasteiger partial charge is 0.329 e. The van der Waals surface area contributed by atoms with Gasteiger partial charge in [-0.3, -0.25) is 4.79 Å². The minimum atomic E-state index is -3.97. The third kappa shape index (κ3) is 3.96. The molecule has 0 saturated carbocycles. The van der Waals surface area contributed by atoms with Gasteiger partial charge in [0.25, 0.3) is 0 Å². The Labute approximate surface area is 164 Å². The number of carbonyl (C=O) groups is 1. The Balaban J connectivity index is 1.82. The first kappa shape index (κ1) is 19.0. The topological polar surface area (TPSA) is 91.9 Å². The standard InChI is InChI=1S/C16H12Cl3N3O3S/c1-8-2-3-12-14(4-8)22-16(21-12)26(24,25)7-15(23)20-13-6-10(18)9(17)5-11(13)19/h2-6H,7H2,1H3,(H,20,23)(H,21,22). The second kappa shape index (κ2) is 7.08. The number of sulfone groups is 1. The molecule has 0 aliphatic heterocycles. The lowest BCUT2D eigenvalue weighted by atomic mass is 10.2.